The number of amides is 2. The fourth-order valence-electron chi connectivity index (χ4n) is 2.68. The lowest BCUT2D eigenvalue weighted by molar-refractivity contribution is -0.122. The zero-order valence-corrected chi connectivity index (χ0v) is 13.1. The largest absolute Gasteiger partial charge is 0.323 e. The fraction of sp³-hybridized carbons (Fsp3) is 0.222. The lowest BCUT2D eigenvalue weighted by Gasteiger charge is -2.17. The Kier molecular flexibility index (Phi) is 4.29. The Hall–Kier alpha value is -2.76. The van der Waals surface area contributed by atoms with Gasteiger partial charge in [0.2, 0.25) is 11.8 Å². The van der Waals surface area contributed by atoms with Crippen molar-refractivity contribution in [1.82, 2.24) is 0 Å². The monoisotopic (exact) mass is 330 g/mol. The van der Waals surface area contributed by atoms with Crippen LogP contribution in [0.25, 0.3) is 0 Å². The molecule has 124 valence electrons. The first-order valence-corrected chi connectivity index (χ1v) is 7.57. The van der Waals surface area contributed by atoms with Crippen LogP contribution in [0.3, 0.4) is 0 Å². The van der Waals surface area contributed by atoms with Gasteiger partial charge in [-0.3, -0.25) is 9.59 Å². The Labute approximate surface area is 138 Å². The zero-order chi connectivity index (χ0) is 17.3. The van der Waals surface area contributed by atoms with E-state index < -0.39 is 23.5 Å². The third-order valence-corrected chi connectivity index (χ3v) is 4.03. The third-order valence-electron chi connectivity index (χ3n) is 4.03. The van der Waals surface area contributed by atoms with E-state index in [2.05, 4.69) is 5.32 Å². The number of anilines is 2. The molecular formula is C18H16F2N2O2. The molecule has 1 N–H and O–H groups in total. The van der Waals surface area contributed by atoms with Crippen LogP contribution in [0.1, 0.15) is 12.0 Å². The maximum absolute atomic E-state index is 13.6. The van der Waals surface area contributed by atoms with E-state index in [4.69, 9.17) is 0 Å². The van der Waals surface area contributed by atoms with Crippen molar-refractivity contribution < 1.29 is 18.4 Å². The summed E-state index contributed by atoms with van der Waals surface area (Å²) in [7, 11) is 0. The van der Waals surface area contributed by atoms with Crippen molar-refractivity contribution in [2.75, 3.05) is 16.8 Å². The molecule has 1 unspecified atom stereocenters. The molecule has 1 aliphatic rings. The molecule has 0 bridgehead atoms. The number of hydrogen-bond donors (Lipinski definition) is 1. The number of hydrogen-bond acceptors (Lipinski definition) is 2. The highest BCUT2D eigenvalue weighted by atomic mass is 19.1. The molecule has 1 atom stereocenters. The summed E-state index contributed by atoms with van der Waals surface area (Å²) in [5.41, 5.74) is 1.71. The average molecular weight is 330 g/mol. The Bertz CT molecular complexity index is 790. The number of aryl methyl sites for hydroxylation is 1. The summed E-state index contributed by atoms with van der Waals surface area (Å²) in [4.78, 5) is 26.0. The minimum absolute atomic E-state index is 0.0581. The molecule has 0 aliphatic carbocycles. The molecule has 1 heterocycles. The van der Waals surface area contributed by atoms with Gasteiger partial charge in [-0.05, 0) is 31.2 Å². The lowest BCUT2D eigenvalue weighted by Crippen LogP contribution is -2.28. The second kappa shape index (κ2) is 6.39. The van der Waals surface area contributed by atoms with Gasteiger partial charge < -0.3 is 10.2 Å². The van der Waals surface area contributed by atoms with Crippen molar-refractivity contribution >= 4 is 23.2 Å². The Balaban J connectivity index is 1.70. The van der Waals surface area contributed by atoms with Gasteiger partial charge in [0.15, 0.2) is 0 Å². The van der Waals surface area contributed by atoms with Gasteiger partial charge in [0.05, 0.1) is 11.6 Å². The van der Waals surface area contributed by atoms with Crippen molar-refractivity contribution in [2.24, 2.45) is 5.92 Å². The number of halogens is 2. The number of rotatable bonds is 3. The zero-order valence-electron chi connectivity index (χ0n) is 13.1. The highest BCUT2D eigenvalue weighted by Gasteiger charge is 2.35. The van der Waals surface area contributed by atoms with Crippen molar-refractivity contribution in [3.63, 3.8) is 0 Å². The number of benzene rings is 2. The average Bonchev–Trinajstić information content (AvgIpc) is 2.93. The molecule has 3 rings (SSSR count). The summed E-state index contributed by atoms with van der Waals surface area (Å²) >= 11 is 0. The molecule has 2 aromatic carbocycles. The summed E-state index contributed by atoms with van der Waals surface area (Å²) in [5.74, 6) is -2.75. The van der Waals surface area contributed by atoms with Crippen molar-refractivity contribution in [2.45, 2.75) is 13.3 Å². The van der Waals surface area contributed by atoms with Crippen LogP contribution in [0.2, 0.25) is 0 Å². The summed E-state index contributed by atoms with van der Waals surface area (Å²) in [6.45, 7) is 2.18. The first kappa shape index (κ1) is 16.1. The predicted molar refractivity (Wildman–Crippen MR) is 86.6 cm³/mol. The van der Waals surface area contributed by atoms with Crippen LogP contribution in [0, 0.1) is 24.5 Å². The van der Waals surface area contributed by atoms with Gasteiger partial charge in [-0.2, -0.15) is 0 Å². The van der Waals surface area contributed by atoms with Crippen LogP contribution < -0.4 is 10.2 Å². The maximum Gasteiger partial charge on any atom is 0.229 e. The minimum atomic E-state index is -0.844. The van der Waals surface area contributed by atoms with Crippen LogP contribution in [0.4, 0.5) is 20.2 Å². The molecular weight excluding hydrogens is 314 g/mol. The Morgan fingerprint density at radius 2 is 1.88 bits per heavy atom. The van der Waals surface area contributed by atoms with Crippen LogP contribution in [0.15, 0.2) is 42.5 Å². The normalized spacial score (nSPS) is 17.2. The van der Waals surface area contributed by atoms with Gasteiger partial charge in [-0.1, -0.05) is 17.7 Å². The summed E-state index contributed by atoms with van der Waals surface area (Å²) < 4.78 is 26.5. The van der Waals surface area contributed by atoms with Crippen molar-refractivity contribution in [3.8, 4) is 0 Å². The number of carbonyl (C=O) groups is 2. The highest BCUT2D eigenvalue weighted by molar-refractivity contribution is 6.03. The van der Waals surface area contributed by atoms with E-state index in [1.165, 1.54) is 0 Å². The van der Waals surface area contributed by atoms with Gasteiger partial charge in [0, 0.05) is 24.7 Å². The van der Waals surface area contributed by atoms with E-state index in [0.717, 1.165) is 23.4 Å². The second-order valence-electron chi connectivity index (χ2n) is 5.85. The second-order valence-corrected chi connectivity index (χ2v) is 5.85. The molecule has 1 fully saturated rings. The smallest absolute Gasteiger partial charge is 0.229 e. The van der Waals surface area contributed by atoms with Gasteiger partial charge in [-0.25, -0.2) is 8.78 Å². The SMILES string of the molecule is Cc1ccc(N2CC(C(=O)Nc3ccc(F)cc3F)CC2=O)cc1. The Morgan fingerprint density at radius 1 is 1.17 bits per heavy atom. The van der Waals surface area contributed by atoms with Crippen LogP contribution in [-0.4, -0.2) is 18.4 Å². The number of nitrogens with zero attached hydrogens (tertiary/aromatic N) is 1. The van der Waals surface area contributed by atoms with E-state index in [1.807, 2.05) is 31.2 Å². The number of carbonyl (C=O) groups excluding carboxylic acids is 2. The molecule has 6 heteroatoms. The van der Waals surface area contributed by atoms with Crippen LogP contribution in [-0.2, 0) is 9.59 Å². The fourth-order valence-corrected chi connectivity index (χ4v) is 2.68. The van der Waals surface area contributed by atoms with Gasteiger partial charge in [-0.15, -0.1) is 0 Å². The minimum Gasteiger partial charge on any atom is -0.323 e. The first-order valence-electron chi connectivity index (χ1n) is 7.57. The quantitative estimate of drug-likeness (QED) is 0.939. The predicted octanol–water partition coefficient (Wildman–Crippen LogP) is 3.26. The van der Waals surface area contributed by atoms with Crippen LogP contribution in [0.5, 0.6) is 0 Å². The topological polar surface area (TPSA) is 49.4 Å². The first-order chi connectivity index (χ1) is 11.4. The standard InChI is InChI=1S/C18H16F2N2O2/c1-11-2-5-14(6-3-11)22-10-12(8-17(22)23)18(24)21-16-7-4-13(19)9-15(16)20/h2-7,9,12H,8,10H2,1H3,(H,21,24). The molecule has 2 aromatic rings. The van der Waals surface area contributed by atoms with Crippen LogP contribution >= 0.6 is 0 Å². The van der Waals surface area contributed by atoms with E-state index in [1.54, 1.807) is 4.90 Å². The van der Waals surface area contributed by atoms with E-state index in [9.17, 15) is 18.4 Å². The molecule has 4 nitrogen and oxygen atoms in total. The summed E-state index contributed by atoms with van der Waals surface area (Å²) in [6, 6.07) is 10.4. The van der Waals surface area contributed by atoms with Gasteiger partial charge >= 0.3 is 0 Å². The van der Waals surface area contributed by atoms with Crippen molar-refractivity contribution in [1.29, 1.82) is 0 Å². The lowest BCUT2D eigenvalue weighted by atomic mass is 10.1. The van der Waals surface area contributed by atoms with E-state index in [-0.39, 0.29) is 24.6 Å². The molecule has 24 heavy (non-hydrogen) atoms. The molecule has 1 saturated heterocycles. The van der Waals surface area contributed by atoms with Gasteiger partial charge in [0.1, 0.15) is 11.6 Å². The molecule has 2 amide bonds. The molecule has 0 saturated carbocycles. The van der Waals surface area contributed by atoms with Crippen molar-refractivity contribution in [3.05, 3.63) is 59.7 Å². The van der Waals surface area contributed by atoms with Gasteiger partial charge in [0.25, 0.3) is 0 Å². The molecule has 1 aliphatic heterocycles. The highest BCUT2D eigenvalue weighted by Crippen LogP contribution is 2.26. The van der Waals surface area contributed by atoms with E-state index >= 15 is 0 Å². The summed E-state index contributed by atoms with van der Waals surface area (Å²) in [6.07, 6.45) is 0.0581. The number of nitrogens with one attached hydrogen (secondary N) is 1. The molecule has 0 radical (unpaired) electrons. The summed E-state index contributed by atoms with van der Waals surface area (Å²) in [5, 5.41) is 2.42. The molecule has 0 aromatic heterocycles. The molecule has 0 spiro atoms. The third kappa shape index (κ3) is 3.27. The van der Waals surface area contributed by atoms with E-state index in [0.29, 0.717) is 6.07 Å². The maximum atomic E-state index is 13.6. The Morgan fingerprint density at radius 3 is 2.54 bits per heavy atom.